The summed E-state index contributed by atoms with van der Waals surface area (Å²) in [5.74, 6) is 0. The van der Waals surface area contributed by atoms with E-state index in [1.165, 1.54) is 11.1 Å². The van der Waals surface area contributed by atoms with E-state index in [0.29, 0.717) is 0 Å². The Hall–Kier alpha value is -1.84. The average Bonchev–Trinajstić information content (AvgIpc) is 2.69. The van der Waals surface area contributed by atoms with Crippen LogP contribution in [0.25, 0.3) is 0 Å². The van der Waals surface area contributed by atoms with Gasteiger partial charge in [0.05, 0.1) is 17.6 Å². The highest BCUT2D eigenvalue weighted by Gasteiger charge is 2.05. The van der Waals surface area contributed by atoms with Crippen molar-refractivity contribution in [2.45, 2.75) is 26.8 Å². The van der Waals surface area contributed by atoms with Gasteiger partial charge in [0, 0.05) is 31.5 Å². The highest BCUT2D eigenvalue weighted by Crippen LogP contribution is 2.14. The van der Waals surface area contributed by atoms with E-state index in [1.54, 1.807) is 0 Å². The predicted molar refractivity (Wildman–Crippen MR) is 68.9 cm³/mol. The van der Waals surface area contributed by atoms with Crippen molar-refractivity contribution >= 4 is 5.69 Å². The summed E-state index contributed by atoms with van der Waals surface area (Å²) in [6.07, 6.45) is 6.70. The number of aromatic nitrogens is 3. The van der Waals surface area contributed by atoms with Gasteiger partial charge in [0.15, 0.2) is 0 Å². The molecule has 1 N–H and O–H groups in total. The predicted octanol–water partition coefficient (Wildman–Crippen LogP) is 2.30. The lowest BCUT2D eigenvalue weighted by Gasteiger charge is -2.08. The molecule has 0 saturated carbocycles. The van der Waals surface area contributed by atoms with Crippen molar-refractivity contribution < 1.29 is 0 Å². The van der Waals surface area contributed by atoms with Crippen LogP contribution in [0.2, 0.25) is 0 Å². The smallest absolute Gasteiger partial charge is 0.0671 e. The molecule has 0 aliphatic carbocycles. The normalized spacial score (nSPS) is 10.5. The van der Waals surface area contributed by atoms with Gasteiger partial charge in [-0.3, -0.25) is 9.67 Å². The van der Waals surface area contributed by atoms with E-state index in [2.05, 4.69) is 35.4 Å². The number of nitrogens with one attached hydrogen (secondary N) is 1. The van der Waals surface area contributed by atoms with Crippen molar-refractivity contribution in [1.82, 2.24) is 14.8 Å². The summed E-state index contributed by atoms with van der Waals surface area (Å²) in [6.45, 7) is 5.00. The SMILES string of the molecule is CCc1nn(C)cc1CNc1cnccc1C. The van der Waals surface area contributed by atoms with Crippen LogP contribution < -0.4 is 5.32 Å². The molecule has 0 saturated heterocycles. The number of anilines is 1. The summed E-state index contributed by atoms with van der Waals surface area (Å²) in [4.78, 5) is 4.12. The molecule has 0 aliphatic heterocycles. The molecule has 4 heteroatoms. The Balaban J connectivity index is 2.09. The van der Waals surface area contributed by atoms with E-state index < -0.39 is 0 Å². The summed E-state index contributed by atoms with van der Waals surface area (Å²) in [6, 6.07) is 2.01. The molecule has 2 rings (SSSR count). The van der Waals surface area contributed by atoms with Gasteiger partial charge in [-0.15, -0.1) is 0 Å². The van der Waals surface area contributed by atoms with Crippen molar-refractivity contribution in [1.29, 1.82) is 0 Å². The van der Waals surface area contributed by atoms with Gasteiger partial charge in [0.1, 0.15) is 0 Å². The Morgan fingerprint density at radius 3 is 2.94 bits per heavy atom. The quantitative estimate of drug-likeness (QED) is 0.876. The summed E-state index contributed by atoms with van der Waals surface area (Å²) < 4.78 is 1.87. The third kappa shape index (κ3) is 2.64. The first-order valence-corrected chi connectivity index (χ1v) is 5.86. The third-order valence-corrected chi connectivity index (χ3v) is 2.84. The minimum absolute atomic E-state index is 0.795. The fraction of sp³-hybridized carbons (Fsp3) is 0.385. The van der Waals surface area contributed by atoms with E-state index in [4.69, 9.17) is 0 Å². The maximum atomic E-state index is 4.42. The van der Waals surface area contributed by atoms with E-state index in [9.17, 15) is 0 Å². The zero-order valence-electron chi connectivity index (χ0n) is 10.6. The monoisotopic (exact) mass is 230 g/mol. The lowest BCUT2D eigenvalue weighted by atomic mass is 10.2. The third-order valence-electron chi connectivity index (χ3n) is 2.84. The maximum absolute atomic E-state index is 4.42. The molecule has 0 bridgehead atoms. The molecule has 0 atom stereocenters. The highest BCUT2D eigenvalue weighted by molar-refractivity contribution is 5.48. The number of pyridine rings is 1. The standard InChI is InChI=1S/C13H18N4/c1-4-12-11(9-17(3)16-12)7-15-13-8-14-6-5-10(13)2/h5-6,8-9,15H,4,7H2,1-3H3. The van der Waals surface area contributed by atoms with Crippen LogP contribution >= 0.6 is 0 Å². The minimum Gasteiger partial charge on any atom is -0.379 e. The van der Waals surface area contributed by atoms with Gasteiger partial charge in [-0.1, -0.05) is 6.92 Å². The maximum Gasteiger partial charge on any atom is 0.0671 e. The van der Waals surface area contributed by atoms with Crippen LogP contribution in [0.1, 0.15) is 23.7 Å². The minimum atomic E-state index is 0.795. The molecule has 0 unspecified atom stereocenters. The Bertz CT molecular complexity index is 502. The largest absolute Gasteiger partial charge is 0.379 e. The molecule has 2 heterocycles. The van der Waals surface area contributed by atoms with Crippen LogP contribution in [0.3, 0.4) is 0 Å². The van der Waals surface area contributed by atoms with Gasteiger partial charge < -0.3 is 5.32 Å². The fourth-order valence-corrected chi connectivity index (χ4v) is 1.87. The van der Waals surface area contributed by atoms with Crippen molar-refractivity contribution in [2.75, 3.05) is 5.32 Å². The first kappa shape index (κ1) is 11.6. The van der Waals surface area contributed by atoms with Crippen molar-refractivity contribution in [3.05, 3.63) is 41.5 Å². The summed E-state index contributed by atoms with van der Waals surface area (Å²) in [5, 5.41) is 7.83. The van der Waals surface area contributed by atoms with Gasteiger partial charge in [0.2, 0.25) is 0 Å². The second kappa shape index (κ2) is 4.99. The van der Waals surface area contributed by atoms with Crippen LogP contribution in [0.15, 0.2) is 24.7 Å². The number of rotatable bonds is 4. The highest BCUT2D eigenvalue weighted by atomic mass is 15.3. The van der Waals surface area contributed by atoms with Crippen LogP contribution in [-0.4, -0.2) is 14.8 Å². The zero-order valence-corrected chi connectivity index (χ0v) is 10.6. The van der Waals surface area contributed by atoms with E-state index in [-0.39, 0.29) is 0 Å². The molecule has 0 radical (unpaired) electrons. The lowest BCUT2D eigenvalue weighted by molar-refractivity contribution is 0.746. The van der Waals surface area contributed by atoms with Gasteiger partial charge in [-0.05, 0) is 25.0 Å². The molecule has 4 nitrogen and oxygen atoms in total. The molecule has 0 spiro atoms. The lowest BCUT2D eigenvalue weighted by Crippen LogP contribution is -2.02. The molecule has 2 aromatic heterocycles. The number of hydrogen-bond acceptors (Lipinski definition) is 3. The zero-order chi connectivity index (χ0) is 12.3. The first-order valence-electron chi connectivity index (χ1n) is 5.86. The van der Waals surface area contributed by atoms with Gasteiger partial charge >= 0.3 is 0 Å². The molecule has 0 aromatic carbocycles. The average molecular weight is 230 g/mol. The van der Waals surface area contributed by atoms with E-state index >= 15 is 0 Å². The first-order chi connectivity index (χ1) is 8.20. The van der Waals surface area contributed by atoms with Crippen LogP contribution in [-0.2, 0) is 20.0 Å². The van der Waals surface area contributed by atoms with E-state index in [1.807, 2.05) is 30.2 Å². The van der Waals surface area contributed by atoms with Gasteiger partial charge in [-0.25, -0.2) is 0 Å². The van der Waals surface area contributed by atoms with Crippen molar-refractivity contribution in [3.8, 4) is 0 Å². The molecule has 0 amide bonds. The topological polar surface area (TPSA) is 42.7 Å². The summed E-state index contributed by atoms with van der Waals surface area (Å²) >= 11 is 0. The molecule has 17 heavy (non-hydrogen) atoms. The molecule has 0 fully saturated rings. The molecular formula is C13H18N4. The van der Waals surface area contributed by atoms with Crippen molar-refractivity contribution in [3.63, 3.8) is 0 Å². The van der Waals surface area contributed by atoms with Crippen LogP contribution in [0.5, 0.6) is 0 Å². The molecular weight excluding hydrogens is 212 g/mol. The summed E-state index contributed by atoms with van der Waals surface area (Å²) in [7, 11) is 1.96. The van der Waals surface area contributed by atoms with E-state index in [0.717, 1.165) is 24.3 Å². The fourth-order valence-electron chi connectivity index (χ4n) is 1.87. The number of nitrogens with zero attached hydrogens (tertiary/aromatic N) is 3. The Morgan fingerprint density at radius 2 is 2.24 bits per heavy atom. The summed E-state index contributed by atoms with van der Waals surface area (Å²) in [5.41, 5.74) is 4.69. The number of aryl methyl sites for hydroxylation is 3. The van der Waals surface area contributed by atoms with Gasteiger partial charge in [-0.2, -0.15) is 5.10 Å². The number of hydrogen-bond donors (Lipinski definition) is 1. The molecule has 2 aromatic rings. The second-order valence-corrected chi connectivity index (χ2v) is 4.17. The Morgan fingerprint density at radius 1 is 1.41 bits per heavy atom. The Kier molecular flexibility index (Phi) is 3.42. The molecule has 90 valence electrons. The Labute approximate surface area is 102 Å². The van der Waals surface area contributed by atoms with Gasteiger partial charge in [0.25, 0.3) is 0 Å². The van der Waals surface area contributed by atoms with Crippen LogP contribution in [0, 0.1) is 6.92 Å². The van der Waals surface area contributed by atoms with Crippen LogP contribution in [0.4, 0.5) is 5.69 Å². The van der Waals surface area contributed by atoms with Crippen molar-refractivity contribution in [2.24, 2.45) is 7.05 Å². The second-order valence-electron chi connectivity index (χ2n) is 4.17. The molecule has 0 aliphatic rings.